The largest absolute Gasteiger partial charge is 0.755 e. The monoisotopic (exact) mass is 277 g/mol. The lowest BCUT2D eigenvalue weighted by molar-refractivity contribution is 0.542. The average Bonchev–Trinajstić information content (AvgIpc) is 2.17. The maximum Gasteiger partial charge on any atom is 0.229 e. The van der Waals surface area contributed by atoms with Crippen LogP contribution in [0.2, 0.25) is 0 Å². The Morgan fingerprint density at radius 3 is 2.47 bits per heavy atom. The Labute approximate surface area is 103 Å². The van der Waals surface area contributed by atoms with Gasteiger partial charge in [-0.15, -0.1) is 0 Å². The molecule has 2 N–H and O–H groups in total. The first-order chi connectivity index (χ1) is 7.81. The van der Waals surface area contributed by atoms with E-state index in [4.69, 9.17) is 0 Å². The number of sulfonamides is 1. The molecule has 0 heterocycles. The molecular weight excluding hydrogens is 264 g/mol. The lowest BCUT2D eigenvalue weighted by Gasteiger charge is -2.15. The van der Waals surface area contributed by atoms with Crippen LogP contribution in [0.15, 0.2) is 18.2 Å². The number of nitrogens with one attached hydrogen (secondary N) is 2. The van der Waals surface area contributed by atoms with E-state index < -0.39 is 21.3 Å². The van der Waals surface area contributed by atoms with E-state index in [9.17, 15) is 17.2 Å². The van der Waals surface area contributed by atoms with Crippen molar-refractivity contribution < 1.29 is 17.2 Å². The van der Waals surface area contributed by atoms with Crippen LogP contribution in [-0.4, -0.2) is 23.4 Å². The molecule has 96 valence electrons. The lowest BCUT2D eigenvalue weighted by atomic mass is 10.1. The Morgan fingerprint density at radius 2 is 2.00 bits per heavy atom. The van der Waals surface area contributed by atoms with Crippen LogP contribution in [0.4, 0.5) is 11.4 Å². The Morgan fingerprint density at radius 1 is 1.35 bits per heavy atom. The molecule has 0 radical (unpaired) electrons. The predicted molar refractivity (Wildman–Crippen MR) is 66.8 cm³/mol. The summed E-state index contributed by atoms with van der Waals surface area (Å²) in [6, 6.07) is 4.83. The molecule has 0 fully saturated rings. The Hall–Kier alpha value is -1.12. The zero-order chi connectivity index (χ0) is 13.1. The third-order valence-corrected chi connectivity index (χ3v) is 2.96. The quantitative estimate of drug-likeness (QED) is 0.779. The second kappa shape index (κ2) is 5.48. The number of aryl methyl sites for hydroxylation is 1. The van der Waals surface area contributed by atoms with Gasteiger partial charge in [0, 0.05) is 11.3 Å². The van der Waals surface area contributed by atoms with Gasteiger partial charge in [0.15, 0.2) is 0 Å². The highest BCUT2D eigenvalue weighted by Crippen LogP contribution is 2.24. The van der Waals surface area contributed by atoms with Crippen LogP contribution in [0, 0.1) is 0 Å². The summed E-state index contributed by atoms with van der Waals surface area (Å²) in [6.07, 6.45) is 1.72. The molecule has 1 unspecified atom stereocenters. The standard InChI is InChI=1S/C9H14N2O4S2/c1-3-7-4-5-8(10-16(12)13)9(6-7)11-17(2,14)15/h4-6,10-11H,3H2,1-2H3,(H,12,13)/p-1. The molecule has 0 saturated carbocycles. The van der Waals surface area contributed by atoms with E-state index in [0.717, 1.165) is 18.2 Å². The third kappa shape index (κ3) is 4.72. The van der Waals surface area contributed by atoms with Crippen LogP contribution in [0.5, 0.6) is 0 Å². The van der Waals surface area contributed by atoms with Crippen molar-refractivity contribution in [3.63, 3.8) is 0 Å². The maximum absolute atomic E-state index is 11.1. The van der Waals surface area contributed by atoms with E-state index in [1.807, 2.05) is 6.92 Å². The highest BCUT2D eigenvalue weighted by molar-refractivity contribution is 7.92. The summed E-state index contributed by atoms with van der Waals surface area (Å²) in [7, 11) is -3.45. The van der Waals surface area contributed by atoms with Crippen molar-refractivity contribution in [2.24, 2.45) is 0 Å². The third-order valence-electron chi connectivity index (χ3n) is 1.98. The lowest BCUT2D eigenvalue weighted by Crippen LogP contribution is -2.13. The van der Waals surface area contributed by atoms with Crippen molar-refractivity contribution in [2.45, 2.75) is 13.3 Å². The summed E-state index contributed by atoms with van der Waals surface area (Å²) in [5.74, 6) is 0. The fourth-order valence-corrected chi connectivity index (χ4v) is 2.20. The summed E-state index contributed by atoms with van der Waals surface area (Å²) >= 11 is -2.50. The fourth-order valence-electron chi connectivity index (χ4n) is 1.27. The zero-order valence-electron chi connectivity index (χ0n) is 9.39. The maximum atomic E-state index is 11.1. The first kappa shape index (κ1) is 13.9. The van der Waals surface area contributed by atoms with Gasteiger partial charge in [0.25, 0.3) is 0 Å². The molecule has 0 aliphatic rings. The van der Waals surface area contributed by atoms with E-state index in [1.165, 1.54) is 6.07 Å². The second-order valence-corrected chi connectivity index (χ2v) is 5.87. The van der Waals surface area contributed by atoms with Gasteiger partial charge in [0.2, 0.25) is 10.0 Å². The molecule has 1 atom stereocenters. The molecule has 1 rings (SSSR count). The van der Waals surface area contributed by atoms with Gasteiger partial charge < -0.3 is 9.27 Å². The van der Waals surface area contributed by atoms with Gasteiger partial charge in [-0.25, -0.2) is 8.42 Å². The Bertz CT molecular complexity index is 528. The molecule has 17 heavy (non-hydrogen) atoms. The highest BCUT2D eigenvalue weighted by Gasteiger charge is 2.08. The molecular formula is C9H13N2O4S2-. The Kier molecular flexibility index (Phi) is 4.49. The number of hydrogen-bond donors (Lipinski definition) is 2. The van der Waals surface area contributed by atoms with Crippen molar-refractivity contribution in [3.8, 4) is 0 Å². The smallest absolute Gasteiger partial charge is 0.229 e. The first-order valence-electron chi connectivity index (χ1n) is 4.78. The summed E-state index contributed by atoms with van der Waals surface area (Å²) < 4.78 is 47.8. The molecule has 1 aromatic carbocycles. The van der Waals surface area contributed by atoms with Crippen molar-refractivity contribution in [2.75, 3.05) is 15.7 Å². The normalized spacial score (nSPS) is 13.1. The van der Waals surface area contributed by atoms with Gasteiger partial charge in [-0.1, -0.05) is 13.0 Å². The minimum absolute atomic E-state index is 0.195. The van der Waals surface area contributed by atoms with Gasteiger partial charge in [0.05, 0.1) is 17.6 Å². The molecule has 0 aliphatic carbocycles. The second-order valence-electron chi connectivity index (χ2n) is 3.44. The van der Waals surface area contributed by atoms with E-state index in [1.54, 1.807) is 12.1 Å². The molecule has 0 aromatic heterocycles. The van der Waals surface area contributed by atoms with Crippen molar-refractivity contribution in [3.05, 3.63) is 23.8 Å². The summed E-state index contributed by atoms with van der Waals surface area (Å²) in [4.78, 5) is 0. The number of hydrogen-bond acceptors (Lipinski definition) is 4. The van der Waals surface area contributed by atoms with Gasteiger partial charge in [-0.2, -0.15) is 0 Å². The summed E-state index contributed by atoms with van der Waals surface area (Å²) in [6.45, 7) is 1.92. The minimum atomic E-state index is -3.45. The molecule has 0 aliphatic heterocycles. The van der Waals surface area contributed by atoms with E-state index in [-0.39, 0.29) is 11.4 Å². The zero-order valence-corrected chi connectivity index (χ0v) is 11.0. The molecule has 0 spiro atoms. The van der Waals surface area contributed by atoms with Crippen molar-refractivity contribution >= 4 is 32.7 Å². The molecule has 0 amide bonds. The van der Waals surface area contributed by atoms with E-state index >= 15 is 0 Å². The van der Waals surface area contributed by atoms with Crippen LogP contribution >= 0.6 is 0 Å². The highest BCUT2D eigenvalue weighted by atomic mass is 32.2. The predicted octanol–water partition coefficient (Wildman–Crippen LogP) is 0.827. The SMILES string of the molecule is CCc1ccc(NS(=O)[O-])c(NS(C)(=O)=O)c1. The van der Waals surface area contributed by atoms with Crippen LogP contribution in [0.3, 0.4) is 0 Å². The minimum Gasteiger partial charge on any atom is -0.755 e. The van der Waals surface area contributed by atoms with Gasteiger partial charge in [-0.05, 0) is 24.1 Å². The molecule has 6 nitrogen and oxygen atoms in total. The number of benzene rings is 1. The van der Waals surface area contributed by atoms with Gasteiger partial charge in [-0.3, -0.25) is 8.93 Å². The summed E-state index contributed by atoms with van der Waals surface area (Å²) in [5, 5.41) is 0. The molecule has 8 heteroatoms. The molecule has 0 bridgehead atoms. The topological polar surface area (TPSA) is 98.3 Å². The average molecular weight is 277 g/mol. The fraction of sp³-hybridized carbons (Fsp3) is 0.333. The Balaban J connectivity index is 3.15. The van der Waals surface area contributed by atoms with Crippen LogP contribution in [0.1, 0.15) is 12.5 Å². The summed E-state index contributed by atoms with van der Waals surface area (Å²) in [5.41, 5.74) is 1.32. The molecule has 1 aromatic rings. The van der Waals surface area contributed by atoms with Crippen molar-refractivity contribution in [1.29, 1.82) is 0 Å². The number of anilines is 2. The van der Waals surface area contributed by atoms with Crippen molar-refractivity contribution in [1.82, 2.24) is 0 Å². The first-order valence-corrected chi connectivity index (χ1v) is 7.75. The number of rotatable bonds is 5. The molecule has 0 saturated heterocycles. The van der Waals surface area contributed by atoms with Crippen LogP contribution < -0.4 is 9.44 Å². The van der Waals surface area contributed by atoms with E-state index in [0.29, 0.717) is 0 Å². The van der Waals surface area contributed by atoms with Gasteiger partial charge >= 0.3 is 0 Å². The van der Waals surface area contributed by atoms with E-state index in [2.05, 4.69) is 9.44 Å². The van der Waals surface area contributed by atoms with Crippen LogP contribution in [-0.2, 0) is 27.7 Å². The van der Waals surface area contributed by atoms with Gasteiger partial charge in [0.1, 0.15) is 0 Å². The van der Waals surface area contributed by atoms with Crippen LogP contribution in [0.25, 0.3) is 0 Å².